The van der Waals surface area contributed by atoms with E-state index in [-0.39, 0.29) is 0 Å². The molecule has 0 N–H and O–H groups in total. The predicted molar refractivity (Wildman–Crippen MR) is 56.5 cm³/mol. The third-order valence-electron chi connectivity index (χ3n) is 1.14. The van der Waals surface area contributed by atoms with Crippen molar-refractivity contribution in [2.24, 2.45) is 0 Å². The van der Waals surface area contributed by atoms with Gasteiger partial charge in [0.15, 0.2) is 11.6 Å². The molecule has 0 radical (unpaired) electrons. The number of rotatable bonds is 0. The standard InChI is InChI=1S/C7H6F2.C2H6.2CH3F/c1-5-3-2-4-6(8)7(5)9;3*1-2/h2-4H,1H3;1-2H3;2*1H3. The first kappa shape index (κ1) is 19.5. The van der Waals surface area contributed by atoms with Crippen LogP contribution >= 0.6 is 0 Å². The van der Waals surface area contributed by atoms with Gasteiger partial charge in [0.25, 0.3) is 0 Å². The van der Waals surface area contributed by atoms with Gasteiger partial charge < -0.3 is 0 Å². The Hall–Kier alpha value is -1.06. The van der Waals surface area contributed by atoms with Crippen molar-refractivity contribution in [3.8, 4) is 0 Å². The molecule has 0 nitrogen and oxygen atoms in total. The molecule has 0 aliphatic heterocycles. The molecule has 0 bridgehead atoms. The Labute approximate surface area is 88.9 Å². The van der Waals surface area contributed by atoms with E-state index in [0.29, 0.717) is 19.9 Å². The average molecular weight is 226 g/mol. The number of halogens is 4. The van der Waals surface area contributed by atoms with Crippen LogP contribution in [0.25, 0.3) is 0 Å². The number of alkyl halides is 2. The number of benzene rings is 1. The van der Waals surface area contributed by atoms with Crippen LogP contribution in [0.5, 0.6) is 0 Å². The first-order valence-corrected chi connectivity index (χ1v) is 4.38. The molecule has 0 saturated carbocycles. The molecule has 0 heterocycles. The lowest BCUT2D eigenvalue weighted by molar-refractivity contribution is 0.503. The van der Waals surface area contributed by atoms with Crippen LogP contribution in [0.1, 0.15) is 19.4 Å². The van der Waals surface area contributed by atoms with E-state index in [2.05, 4.69) is 0 Å². The molecule has 15 heavy (non-hydrogen) atoms. The minimum absolute atomic E-state index is 0.343. The maximum absolute atomic E-state index is 12.4. The maximum atomic E-state index is 12.4. The molecule has 0 amide bonds. The van der Waals surface area contributed by atoms with Crippen LogP contribution in [0.2, 0.25) is 0 Å². The lowest BCUT2D eigenvalue weighted by Crippen LogP contribution is -1.85. The Bertz CT molecular complexity index is 204. The zero-order valence-electron chi connectivity index (χ0n) is 9.74. The molecule has 0 atom stereocenters. The first-order valence-electron chi connectivity index (χ1n) is 4.38. The Balaban J connectivity index is -0.000000208. The minimum Gasteiger partial charge on any atom is -0.255 e. The van der Waals surface area contributed by atoms with Crippen molar-refractivity contribution in [2.45, 2.75) is 20.8 Å². The highest BCUT2D eigenvalue weighted by Crippen LogP contribution is 2.08. The Morgan fingerprint density at radius 2 is 1.27 bits per heavy atom. The fourth-order valence-corrected chi connectivity index (χ4v) is 0.612. The molecule has 0 saturated heterocycles. The Kier molecular flexibility index (Phi) is 20.0. The molecule has 0 fully saturated rings. The second kappa shape index (κ2) is 15.4. The van der Waals surface area contributed by atoms with E-state index in [1.54, 1.807) is 0 Å². The summed E-state index contributed by atoms with van der Waals surface area (Å²) in [4.78, 5) is 0. The molecular weight excluding hydrogens is 208 g/mol. The van der Waals surface area contributed by atoms with Crippen LogP contribution in [-0.4, -0.2) is 14.4 Å². The van der Waals surface area contributed by atoms with Crippen LogP contribution in [0.4, 0.5) is 17.6 Å². The molecule has 1 aromatic carbocycles. The van der Waals surface area contributed by atoms with Gasteiger partial charge in [0, 0.05) is 0 Å². The van der Waals surface area contributed by atoms with E-state index < -0.39 is 11.6 Å². The molecule has 90 valence electrons. The molecule has 0 unspecified atom stereocenters. The van der Waals surface area contributed by atoms with Gasteiger partial charge in [0.1, 0.15) is 0 Å². The highest BCUT2D eigenvalue weighted by Gasteiger charge is 2.00. The summed E-state index contributed by atoms with van der Waals surface area (Å²) in [5, 5.41) is 0. The van der Waals surface area contributed by atoms with E-state index in [4.69, 9.17) is 0 Å². The molecule has 0 spiro atoms. The van der Waals surface area contributed by atoms with E-state index in [1.165, 1.54) is 19.1 Å². The minimum atomic E-state index is -0.782. The predicted octanol–water partition coefficient (Wildman–Crippen LogP) is 4.47. The molecule has 0 aliphatic rings. The molecule has 0 aliphatic carbocycles. The topological polar surface area (TPSA) is 0 Å². The zero-order chi connectivity index (χ0) is 12.9. The normalized spacial score (nSPS) is 7.00. The Morgan fingerprint density at radius 1 is 0.867 bits per heavy atom. The van der Waals surface area contributed by atoms with Gasteiger partial charge in [0.05, 0.1) is 14.4 Å². The lowest BCUT2D eigenvalue weighted by atomic mass is 10.2. The summed E-state index contributed by atoms with van der Waals surface area (Å²) < 4.78 is 43.6. The third-order valence-corrected chi connectivity index (χ3v) is 1.14. The maximum Gasteiger partial charge on any atom is 0.161 e. The van der Waals surface area contributed by atoms with Crippen LogP contribution in [0, 0.1) is 18.6 Å². The van der Waals surface area contributed by atoms with E-state index in [9.17, 15) is 17.6 Å². The quantitative estimate of drug-likeness (QED) is 0.572. The second-order valence-corrected chi connectivity index (χ2v) is 1.87. The van der Waals surface area contributed by atoms with Gasteiger partial charge in [-0.2, -0.15) is 0 Å². The molecule has 1 aromatic rings. The summed E-state index contributed by atoms with van der Waals surface area (Å²) in [7, 11) is 1.00. The molecule has 1 rings (SSSR count). The summed E-state index contributed by atoms with van der Waals surface area (Å²) in [5.41, 5.74) is 0.343. The van der Waals surface area contributed by atoms with Crippen LogP contribution < -0.4 is 0 Å². The van der Waals surface area contributed by atoms with E-state index in [0.717, 1.165) is 6.07 Å². The monoisotopic (exact) mass is 226 g/mol. The van der Waals surface area contributed by atoms with Crippen molar-refractivity contribution in [1.82, 2.24) is 0 Å². The summed E-state index contributed by atoms with van der Waals surface area (Å²) in [6.45, 7) is 5.53. The van der Waals surface area contributed by atoms with Gasteiger partial charge in [-0.15, -0.1) is 0 Å². The fourth-order valence-electron chi connectivity index (χ4n) is 0.612. The van der Waals surface area contributed by atoms with Crippen molar-refractivity contribution in [1.29, 1.82) is 0 Å². The van der Waals surface area contributed by atoms with Crippen molar-refractivity contribution in [3.63, 3.8) is 0 Å². The summed E-state index contributed by atoms with van der Waals surface area (Å²) in [5.74, 6) is -1.53. The van der Waals surface area contributed by atoms with E-state index >= 15 is 0 Å². The lowest BCUT2D eigenvalue weighted by Gasteiger charge is -1.93. The van der Waals surface area contributed by atoms with Crippen molar-refractivity contribution in [2.75, 3.05) is 14.4 Å². The van der Waals surface area contributed by atoms with Crippen molar-refractivity contribution < 1.29 is 17.6 Å². The number of hydrogen-bond acceptors (Lipinski definition) is 0. The number of aryl methyl sites for hydroxylation is 1. The highest BCUT2D eigenvalue weighted by atomic mass is 19.2. The van der Waals surface area contributed by atoms with E-state index in [1.807, 2.05) is 13.8 Å². The fraction of sp³-hybridized carbons (Fsp3) is 0.455. The molecular formula is C11H18F4. The summed E-state index contributed by atoms with van der Waals surface area (Å²) in [6.07, 6.45) is 0. The Morgan fingerprint density at radius 3 is 1.53 bits per heavy atom. The largest absolute Gasteiger partial charge is 0.255 e. The SMILES string of the molecule is CC.CF.CF.Cc1cccc(F)c1F. The van der Waals surface area contributed by atoms with Crippen molar-refractivity contribution >= 4 is 0 Å². The van der Waals surface area contributed by atoms with Gasteiger partial charge in [-0.1, -0.05) is 26.0 Å². The smallest absolute Gasteiger partial charge is 0.161 e. The third kappa shape index (κ3) is 9.25. The summed E-state index contributed by atoms with van der Waals surface area (Å²) in [6, 6.07) is 4.11. The van der Waals surface area contributed by atoms with Crippen LogP contribution in [0.15, 0.2) is 18.2 Å². The average Bonchev–Trinajstić information content (AvgIpc) is 2.34. The van der Waals surface area contributed by atoms with Crippen molar-refractivity contribution in [3.05, 3.63) is 35.4 Å². The molecule has 0 aromatic heterocycles. The van der Waals surface area contributed by atoms with Crippen LogP contribution in [0.3, 0.4) is 0 Å². The van der Waals surface area contributed by atoms with Gasteiger partial charge in [-0.25, -0.2) is 8.78 Å². The number of hydrogen-bond donors (Lipinski definition) is 0. The first-order chi connectivity index (χ1) is 7.22. The summed E-state index contributed by atoms with van der Waals surface area (Å²) >= 11 is 0. The van der Waals surface area contributed by atoms with Crippen LogP contribution in [-0.2, 0) is 0 Å². The zero-order valence-corrected chi connectivity index (χ0v) is 9.74. The highest BCUT2D eigenvalue weighted by molar-refractivity contribution is 5.16. The second-order valence-electron chi connectivity index (χ2n) is 1.87. The van der Waals surface area contributed by atoms with Gasteiger partial charge >= 0.3 is 0 Å². The van der Waals surface area contributed by atoms with Gasteiger partial charge in [-0.05, 0) is 18.6 Å². The van der Waals surface area contributed by atoms with Gasteiger partial charge in [-0.3, -0.25) is 8.78 Å². The molecule has 4 heteroatoms. The van der Waals surface area contributed by atoms with Gasteiger partial charge in [0.2, 0.25) is 0 Å².